The van der Waals surface area contributed by atoms with Gasteiger partial charge < -0.3 is 16.2 Å². The molecule has 0 bridgehead atoms. The number of pyridine rings is 1. The van der Waals surface area contributed by atoms with Crippen LogP contribution in [0.1, 0.15) is 30.8 Å². The van der Waals surface area contributed by atoms with Crippen molar-refractivity contribution >= 4 is 17.6 Å². The summed E-state index contributed by atoms with van der Waals surface area (Å²) in [6.45, 7) is 4.26. The van der Waals surface area contributed by atoms with Crippen molar-refractivity contribution in [2.24, 2.45) is 17.6 Å². The van der Waals surface area contributed by atoms with Gasteiger partial charge in [0.15, 0.2) is 0 Å². The van der Waals surface area contributed by atoms with E-state index in [4.69, 9.17) is 10.8 Å². The van der Waals surface area contributed by atoms with E-state index < -0.39 is 17.8 Å². The van der Waals surface area contributed by atoms with Gasteiger partial charge in [-0.25, -0.2) is 0 Å². The molecule has 1 aromatic heterocycles. The molecule has 0 aliphatic rings. The topological polar surface area (TPSA) is 105 Å². The fourth-order valence-electron chi connectivity index (χ4n) is 1.76. The largest absolute Gasteiger partial charge is 0.481 e. The first-order valence-corrected chi connectivity index (χ1v) is 6.12. The van der Waals surface area contributed by atoms with Crippen molar-refractivity contribution in [2.45, 2.75) is 20.3 Å². The third-order valence-electron chi connectivity index (χ3n) is 2.67. The zero-order chi connectivity index (χ0) is 14.4. The molecule has 0 aliphatic carbocycles. The molecule has 1 amide bonds. The highest BCUT2D eigenvalue weighted by Gasteiger charge is 2.18. The summed E-state index contributed by atoms with van der Waals surface area (Å²) in [6, 6.07) is 3.18. The number of nitrogens with one attached hydrogen (secondary N) is 1. The highest BCUT2D eigenvalue weighted by molar-refractivity contribution is 5.91. The molecule has 1 heterocycles. The van der Waals surface area contributed by atoms with Gasteiger partial charge in [-0.05, 0) is 24.5 Å². The Kier molecular flexibility index (Phi) is 5.29. The van der Waals surface area contributed by atoms with Crippen molar-refractivity contribution < 1.29 is 14.7 Å². The minimum atomic E-state index is -0.828. The monoisotopic (exact) mass is 265 g/mol. The first kappa shape index (κ1) is 14.9. The minimum Gasteiger partial charge on any atom is -0.481 e. The summed E-state index contributed by atoms with van der Waals surface area (Å²) < 4.78 is 0. The van der Waals surface area contributed by atoms with Crippen molar-refractivity contribution in [1.29, 1.82) is 0 Å². The molecule has 104 valence electrons. The second kappa shape index (κ2) is 6.72. The van der Waals surface area contributed by atoms with Crippen LogP contribution in [-0.2, 0) is 4.79 Å². The number of carbonyl (C=O) groups is 2. The van der Waals surface area contributed by atoms with Crippen molar-refractivity contribution in [1.82, 2.24) is 4.98 Å². The van der Waals surface area contributed by atoms with Crippen molar-refractivity contribution in [3.05, 3.63) is 24.0 Å². The molecule has 4 N–H and O–H groups in total. The summed E-state index contributed by atoms with van der Waals surface area (Å²) in [5.41, 5.74) is 5.92. The Bertz CT molecular complexity index is 460. The molecule has 1 rings (SSSR count). The fraction of sp³-hybridized carbons (Fsp3) is 0.462. The first-order chi connectivity index (χ1) is 8.90. The zero-order valence-corrected chi connectivity index (χ0v) is 11.1. The molecule has 0 aromatic carbocycles. The molecular formula is C13H19N3O3. The number of carboxylic acids is 1. The van der Waals surface area contributed by atoms with E-state index in [1.165, 1.54) is 12.3 Å². The second-order valence-electron chi connectivity index (χ2n) is 4.84. The van der Waals surface area contributed by atoms with Gasteiger partial charge >= 0.3 is 5.97 Å². The lowest BCUT2D eigenvalue weighted by Crippen LogP contribution is -2.24. The SMILES string of the molecule is CC(C)CC(CNc1ccnc(C(N)=O)c1)C(=O)O. The van der Waals surface area contributed by atoms with E-state index in [9.17, 15) is 9.59 Å². The summed E-state index contributed by atoms with van der Waals surface area (Å²) in [5, 5.41) is 12.1. The lowest BCUT2D eigenvalue weighted by molar-refractivity contribution is -0.141. The van der Waals surface area contributed by atoms with Crippen LogP contribution in [0.2, 0.25) is 0 Å². The highest BCUT2D eigenvalue weighted by atomic mass is 16.4. The summed E-state index contributed by atoms with van der Waals surface area (Å²) in [7, 11) is 0. The number of hydrogen-bond donors (Lipinski definition) is 3. The molecule has 1 aromatic rings. The normalized spacial score (nSPS) is 12.2. The lowest BCUT2D eigenvalue weighted by Gasteiger charge is -2.16. The number of carboxylic acid groups (broad SMARTS) is 1. The number of amides is 1. The van der Waals surface area contributed by atoms with Gasteiger partial charge in [0.2, 0.25) is 0 Å². The van der Waals surface area contributed by atoms with Crippen LogP contribution >= 0.6 is 0 Å². The molecule has 0 spiro atoms. The molecule has 1 atom stereocenters. The van der Waals surface area contributed by atoms with E-state index in [2.05, 4.69) is 10.3 Å². The summed E-state index contributed by atoms with van der Waals surface area (Å²) in [4.78, 5) is 25.9. The van der Waals surface area contributed by atoms with Crippen LogP contribution in [0.4, 0.5) is 5.69 Å². The van der Waals surface area contributed by atoms with Gasteiger partial charge in [0.1, 0.15) is 5.69 Å². The maximum Gasteiger partial charge on any atom is 0.308 e. The summed E-state index contributed by atoms with van der Waals surface area (Å²) in [5.74, 6) is -1.60. The van der Waals surface area contributed by atoms with Crippen LogP contribution in [0.5, 0.6) is 0 Å². The van der Waals surface area contributed by atoms with Crippen molar-refractivity contribution in [2.75, 3.05) is 11.9 Å². The Balaban J connectivity index is 2.66. The Morgan fingerprint density at radius 3 is 2.68 bits per heavy atom. The van der Waals surface area contributed by atoms with Gasteiger partial charge in [0.25, 0.3) is 5.91 Å². The van der Waals surface area contributed by atoms with Gasteiger partial charge in [0.05, 0.1) is 5.92 Å². The Morgan fingerprint density at radius 2 is 2.16 bits per heavy atom. The second-order valence-corrected chi connectivity index (χ2v) is 4.84. The third-order valence-corrected chi connectivity index (χ3v) is 2.67. The summed E-state index contributed by atoms with van der Waals surface area (Å²) >= 11 is 0. The van der Waals surface area contributed by atoms with E-state index in [-0.39, 0.29) is 5.69 Å². The molecular weight excluding hydrogens is 246 g/mol. The predicted molar refractivity (Wildman–Crippen MR) is 71.8 cm³/mol. The van der Waals surface area contributed by atoms with E-state index in [0.717, 1.165) is 0 Å². The van der Waals surface area contributed by atoms with Crippen LogP contribution in [0, 0.1) is 11.8 Å². The van der Waals surface area contributed by atoms with Gasteiger partial charge in [0, 0.05) is 18.4 Å². The fourth-order valence-corrected chi connectivity index (χ4v) is 1.76. The number of anilines is 1. The number of aliphatic carboxylic acids is 1. The molecule has 19 heavy (non-hydrogen) atoms. The number of hydrogen-bond acceptors (Lipinski definition) is 4. The molecule has 6 heteroatoms. The maximum atomic E-state index is 11.1. The Labute approximate surface area is 112 Å². The molecule has 0 saturated heterocycles. The average Bonchev–Trinajstić information content (AvgIpc) is 2.34. The number of primary amides is 1. The van der Waals surface area contributed by atoms with Gasteiger partial charge in [-0.2, -0.15) is 0 Å². The van der Waals surface area contributed by atoms with Crippen LogP contribution in [0.25, 0.3) is 0 Å². The van der Waals surface area contributed by atoms with Crippen LogP contribution in [0.3, 0.4) is 0 Å². The Morgan fingerprint density at radius 1 is 1.47 bits per heavy atom. The highest BCUT2D eigenvalue weighted by Crippen LogP contribution is 2.14. The maximum absolute atomic E-state index is 11.1. The van der Waals surface area contributed by atoms with Gasteiger partial charge in [-0.1, -0.05) is 13.8 Å². The van der Waals surface area contributed by atoms with E-state index >= 15 is 0 Å². The van der Waals surface area contributed by atoms with Crippen LogP contribution in [0.15, 0.2) is 18.3 Å². The van der Waals surface area contributed by atoms with Crippen LogP contribution in [-0.4, -0.2) is 28.5 Å². The third kappa shape index (κ3) is 4.95. The standard InChI is InChI=1S/C13H19N3O3/c1-8(2)5-9(13(18)19)7-16-10-3-4-15-11(6-10)12(14)17/h3-4,6,8-9H,5,7H2,1-2H3,(H2,14,17)(H,15,16)(H,18,19). The number of rotatable bonds is 7. The Hall–Kier alpha value is -2.11. The molecule has 1 unspecified atom stereocenters. The molecule has 6 nitrogen and oxygen atoms in total. The first-order valence-electron chi connectivity index (χ1n) is 6.12. The van der Waals surface area contributed by atoms with E-state index in [1.54, 1.807) is 6.07 Å². The number of aromatic nitrogens is 1. The van der Waals surface area contributed by atoms with E-state index in [0.29, 0.717) is 24.6 Å². The van der Waals surface area contributed by atoms with E-state index in [1.807, 2.05) is 13.8 Å². The number of carbonyl (C=O) groups excluding carboxylic acids is 1. The summed E-state index contributed by atoms with van der Waals surface area (Å²) in [6.07, 6.45) is 2.05. The smallest absolute Gasteiger partial charge is 0.308 e. The molecule has 0 radical (unpaired) electrons. The molecule has 0 fully saturated rings. The van der Waals surface area contributed by atoms with Gasteiger partial charge in [-0.3, -0.25) is 14.6 Å². The number of nitrogens with zero attached hydrogens (tertiary/aromatic N) is 1. The van der Waals surface area contributed by atoms with Gasteiger partial charge in [-0.15, -0.1) is 0 Å². The molecule has 0 saturated carbocycles. The van der Waals surface area contributed by atoms with Crippen molar-refractivity contribution in [3.63, 3.8) is 0 Å². The minimum absolute atomic E-state index is 0.153. The van der Waals surface area contributed by atoms with Crippen LogP contribution < -0.4 is 11.1 Å². The zero-order valence-electron chi connectivity index (χ0n) is 11.1. The molecule has 0 aliphatic heterocycles. The lowest BCUT2D eigenvalue weighted by atomic mass is 9.97. The van der Waals surface area contributed by atoms with Crippen molar-refractivity contribution in [3.8, 4) is 0 Å². The predicted octanol–water partition coefficient (Wildman–Crippen LogP) is 1.34. The quantitative estimate of drug-likeness (QED) is 0.690. The number of nitrogens with two attached hydrogens (primary N) is 1. The average molecular weight is 265 g/mol.